The van der Waals surface area contributed by atoms with Gasteiger partial charge in [-0.15, -0.1) is 0 Å². The standard InChI is InChI=1S/C25H29N5O/c1-19(2)25(3,18-26)27-23(31)17-29(4)15-21-16-30(22-13-9-6-10-14-22)28-24(21)20-11-7-5-8-12-20/h5-14,16,19H,15,17H2,1-4H3,(H,27,31)/t25-/m0/s1. The smallest absolute Gasteiger partial charge is 0.235 e. The molecule has 0 aliphatic rings. The zero-order valence-electron chi connectivity index (χ0n) is 18.5. The molecule has 0 saturated heterocycles. The van der Waals surface area contributed by atoms with Gasteiger partial charge in [-0.05, 0) is 32.0 Å². The fourth-order valence-corrected chi connectivity index (χ4v) is 3.30. The molecule has 0 saturated carbocycles. The van der Waals surface area contributed by atoms with Crippen molar-refractivity contribution in [1.82, 2.24) is 20.0 Å². The predicted octanol–water partition coefficient (Wildman–Crippen LogP) is 4.03. The van der Waals surface area contributed by atoms with E-state index in [1.54, 1.807) is 6.92 Å². The van der Waals surface area contributed by atoms with Crippen LogP contribution >= 0.6 is 0 Å². The molecule has 2 aromatic carbocycles. The summed E-state index contributed by atoms with van der Waals surface area (Å²) in [5.74, 6) is -0.155. The van der Waals surface area contributed by atoms with Crippen LogP contribution in [0.3, 0.4) is 0 Å². The lowest BCUT2D eigenvalue weighted by molar-refractivity contribution is -0.123. The van der Waals surface area contributed by atoms with Gasteiger partial charge in [0.1, 0.15) is 5.54 Å². The van der Waals surface area contributed by atoms with Crippen molar-refractivity contribution in [2.24, 2.45) is 5.92 Å². The molecule has 0 fully saturated rings. The molecule has 1 aromatic heterocycles. The van der Waals surface area contributed by atoms with Crippen molar-refractivity contribution >= 4 is 5.91 Å². The molecule has 3 rings (SSSR count). The van der Waals surface area contributed by atoms with Crippen LogP contribution in [-0.4, -0.2) is 39.7 Å². The fraction of sp³-hybridized carbons (Fsp3) is 0.320. The number of para-hydroxylation sites is 1. The van der Waals surface area contributed by atoms with E-state index in [9.17, 15) is 10.1 Å². The fourth-order valence-electron chi connectivity index (χ4n) is 3.30. The quantitative estimate of drug-likeness (QED) is 0.603. The molecule has 1 amide bonds. The van der Waals surface area contributed by atoms with Gasteiger partial charge in [0.05, 0.1) is 24.0 Å². The molecule has 160 valence electrons. The molecule has 1 heterocycles. The van der Waals surface area contributed by atoms with Crippen LogP contribution in [0.1, 0.15) is 26.3 Å². The number of nitrogens with one attached hydrogen (secondary N) is 1. The number of nitrogens with zero attached hydrogens (tertiary/aromatic N) is 4. The molecule has 0 radical (unpaired) electrons. The van der Waals surface area contributed by atoms with Crippen molar-refractivity contribution in [2.45, 2.75) is 32.9 Å². The third-order valence-corrected chi connectivity index (χ3v) is 5.50. The van der Waals surface area contributed by atoms with Gasteiger partial charge in [0.15, 0.2) is 0 Å². The number of benzene rings is 2. The minimum atomic E-state index is -0.884. The molecule has 6 heteroatoms. The Labute approximate surface area is 184 Å². The topological polar surface area (TPSA) is 74.0 Å². The second-order valence-corrected chi connectivity index (χ2v) is 8.34. The van der Waals surface area contributed by atoms with Gasteiger partial charge in [-0.2, -0.15) is 10.4 Å². The Morgan fingerprint density at radius 1 is 1.16 bits per heavy atom. The van der Waals surface area contributed by atoms with E-state index in [-0.39, 0.29) is 18.4 Å². The van der Waals surface area contributed by atoms with Crippen molar-refractivity contribution < 1.29 is 4.79 Å². The molecular formula is C25H29N5O. The van der Waals surface area contributed by atoms with Crippen LogP contribution in [0.15, 0.2) is 66.9 Å². The summed E-state index contributed by atoms with van der Waals surface area (Å²) >= 11 is 0. The Hall–Kier alpha value is -3.43. The van der Waals surface area contributed by atoms with Gasteiger partial charge >= 0.3 is 0 Å². The zero-order valence-corrected chi connectivity index (χ0v) is 18.5. The van der Waals surface area contributed by atoms with Crippen molar-refractivity contribution in [1.29, 1.82) is 5.26 Å². The second-order valence-electron chi connectivity index (χ2n) is 8.34. The summed E-state index contributed by atoms with van der Waals surface area (Å²) < 4.78 is 1.87. The molecular weight excluding hydrogens is 386 g/mol. The number of nitriles is 1. The molecule has 6 nitrogen and oxygen atoms in total. The summed E-state index contributed by atoms with van der Waals surface area (Å²) in [6.07, 6.45) is 2.01. The Morgan fingerprint density at radius 2 is 1.77 bits per heavy atom. The summed E-state index contributed by atoms with van der Waals surface area (Å²) in [6.45, 7) is 6.35. The third-order valence-electron chi connectivity index (χ3n) is 5.50. The Kier molecular flexibility index (Phi) is 6.88. The Morgan fingerprint density at radius 3 is 2.35 bits per heavy atom. The highest BCUT2D eigenvalue weighted by molar-refractivity contribution is 5.79. The molecule has 0 aliphatic carbocycles. The number of carbonyl (C=O) groups is 1. The molecule has 0 aliphatic heterocycles. The first-order valence-electron chi connectivity index (χ1n) is 10.4. The average molecular weight is 416 g/mol. The summed E-state index contributed by atoms with van der Waals surface area (Å²) in [4.78, 5) is 14.5. The van der Waals surface area contributed by atoms with Gasteiger partial charge in [-0.1, -0.05) is 62.4 Å². The van der Waals surface area contributed by atoms with E-state index < -0.39 is 5.54 Å². The van der Waals surface area contributed by atoms with E-state index in [0.717, 1.165) is 22.5 Å². The average Bonchev–Trinajstić information content (AvgIpc) is 3.18. The van der Waals surface area contributed by atoms with E-state index in [1.165, 1.54) is 0 Å². The van der Waals surface area contributed by atoms with Crippen LogP contribution in [0.5, 0.6) is 0 Å². The molecule has 1 N–H and O–H groups in total. The monoisotopic (exact) mass is 415 g/mol. The summed E-state index contributed by atoms with van der Waals surface area (Å²) in [6, 6.07) is 22.2. The second kappa shape index (κ2) is 9.59. The maximum absolute atomic E-state index is 12.6. The number of likely N-dealkylation sites (N-methyl/N-ethyl adjacent to an activating group) is 1. The minimum absolute atomic E-state index is 0.0144. The van der Waals surface area contributed by atoms with E-state index >= 15 is 0 Å². The van der Waals surface area contributed by atoms with Crippen LogP contribution in [0.4, 0.5) is 0 Å². The lowest BCUT2D eigenvalue weighted by Gasteiger charge is -2.28. The lowest BCUT2D eigenvalue weighted by atomic mass is 9.90. The van der Waals surface area contributed by atoms with E-state index in [4.69, 9.17) is 5.10 Å². The van der Waals surface area contributed by atoms with Gasteiger partial charge in [-0.3, -0.25) is 9.69 Å². The number of carbonyl (C=O) groups excluding carboxylic acids is 1. The molecule has 1 atom stereocenters. The van der Waals surface area contributed by atoms with Crippen LogP contribution in [0.25, 0.3) is 16.9 Å². The first-order chi connectivity index (χ1) is 14.8. The van der Waals surface area contributed by atoms with Crippen molar-refractivity contribution in [2.75, 3.05) is 13.6 Å². The Bertz CT molecular complexity index is 1050. The maximum atomic E-state index is 12.6. The summed E-state index contributed by atoms with van der Waals surface area (Å²) in [7, 11) is 1.90. The maximum Gasteiger partial charge on any atom is 0.235 e. The normalized spacial score (nSPS) is 13.1. The molecule has 31 heavy (non-hydrogen) atoms. The number of hydrogen-bond acceptors (Lipinski definition) is 4. The van der Waals surface area contributed by atoms with Gasteiger partial charge in [0, 0.05) is 23.9 Å². The molecule has 0 bridgehead atoms. The first-order valence-corrected chi connectivity index (χ1v) is 10.4. The van der Waals surface area contributed by atoms with Crippen LogP contribution in [0, 0.1) is 17.2 Å². The van der Waals surface area contributed by atoms with Gasteiger partial charge in [0.2, 0.25) is 5.91 Å². The highest BCUT2D eigenvalue weighted by Crippen LogP contribution is 2.24. The third kappa shape index (κ3) is 5.39. The largest absolute Gasteiger partial charge is 0.337 e. The minimum Gasteiger partial charge on any atom is -0.337 e. The number of rotatable bonds is 8. The van der Waals surface area contributed by atoms with Gasteiger partial charge in [0.25, 0.3) is 0 Å². The van der Waals surface area contributed by atoms with Gasteiger partial charge < -0.3 is 5.32 Å². The molecule has 0 unspecified atom stereocenters. The number of aromatic nitrogens is 2. The number of amides is 1. The van der Waals surface area contributed by atoms with E-state index in [2.05, 4.69) is 11.4 Å². The highest BCUT2D eigenvalue weighted by atomic mass is 16.2. The van der Waals surface area contributed by atoms with Gasteiger partial charge in [-0.25, -0.2) is 4.68 Å². The molecule has 3 aromatic rings. The van der Waals surface area contributed by atoms with Crippen molar-refractivity contribution in [3.63, 3.8) is 0 Å². The summed E-state index contributed by atoms with van der Waals surface area (Å²) in [5.41, 5.74) is 3.04. The SMILES string of the molecule is CC(C)[C@](C)(C#N)NC(=O)CN(C)Cc1cn(-c2ccccc2)nc1-c1ccccc1. The highest BCUT2D eigenvalue weighted by Gasteiger charge is 2.30. The first kappa shape index (κ1) is 22.3. The predicted molar refractivity (Wildman–Crippen MR) is 122 cm³/mol. The number of hydrogen-bond donors (Lipinski definition) is 1. The van der Waals surface area contributed by atoms with E-state index in [0.29, 0.717) is 6.54 Å². The van der Waals surface area contributed by atoms with Crippen LogP contribution in [-0.2, 0) is 11.3 Å². The van der Waals surface area contributed by atoms with Crippen molar-refractivity contribution in [3.8, 4) is 23.0 Å². The lowest BCUT2D eigenvalue weighted by Crippen LogP contribution is -2.51. The summed E-state index contributed by atoms with van der Waals surface area (Å²) in [5, 5.41) is 17.2. The van der Waals surface area contributed by atoms with E-state index in [1.807, 2.05) is 97.3 Å². The Balaban J connectivity index is 1.81. The van der Waals surface area contributed by atoms with Crippen LogP contribution < -0.4 is 5.32 Å². The zero-order chi connectivity index (χ0) is 22.4. The molecule has 0 spiro atoms. The van der Waals surface area contributed by atoms with Crippen molar-refractivity contribution in [3.05, 3.63) is 72.4 Å². The van der Waals surface area contributed by atoms with Crippen LogP contribution in [0.2, 0.25) is 0 Å².